The maximum absolute atomic E-state index is 13.6. The first-order valence-corrected chi connectivity index (χ1v) is 13.3. The predicted molar refractivity (Wildman–Crippen MR) is 155 cm³/mol. The molecule has 0 bridgehead atoms. The highest BCUT2D eigenvalue weighted by Gasteiger charge is 2.32. The molecule has 11 nitrogen and oxygen atoms in total. The minimum atomic E-state index is -1.09. The van der Waals surface area contributed by atoms with Crippen LogP contribution in [0.4, 0.5) is 5.69 Å². The summed E-state index contributed by atoms with van der Waals surface area (Å²) < 4.78 is 1.58. The van der Waals surface area contributed by atoms with Crippen molar-refractivity contribution in [3.05, 3.63) is 112 Å². The van der Waals surface area contributed by atoms with Gasteiger partial charge >= 0.3 is 5.97 Å². The quantitative estimate of drug-likeness (QED) is 0.271. The number of carboxylic acid groups (broad SMARTS) is 1. The number of nitrogens with two attached hydrogens (primary N) is 1. The van der Waals surface area contributed by atoms with Crippen molar-refractivity contribution in [1.82, 2.24) is 19.9 Å². The van der Waals surface area contributed by atoms with Crippen LogP contribution in [-0.4, -0.2) is 61.3 Å². The van der Waals surface area contributed by atoms with Gasteiger partial charge < -0.3 is 21.1 Å². The number of hydrogen-bond donors (Lipinski definition) is 3. The Bertz CT molecular complexity index is 1700. The number of amides is 3. The van der Waals surface area contributed by atoms with Crippen molar-refractivity contribution < 1.29 is 24.3 Å². The van der Waals surface area contributed by atoms with Crippen LogP contribution in [0.5, 0.6) is 0 Å². The maximum Gasteiger partial charge on any atom is 0.335 e. The third-order valence-corrected chi connectivity index (χ3v) is 7.13. The molecule has 1 atom stereocenters. The van der Waals surface area contributed by atoms with E-state index in [1.54, 1.807) is 59.5 Å². The number of rotatable bonds is 9. The molecule has 5 rings (SSSR count). The molecule has 0 unspecified atom stereocenters. The number of halogens is 1. The molecule has 0 saturated heterocycles. The summed E-state index contributed by atoms with van der Waals surface area (Å²) in [5.41, 5.74) is 8.96. The summed E-state index contributed by atoms with van der Waals surface area (Å²) in [6.07, 6.45) is 5.25. The Balaban J connectivity index is 1.46. The average molecular weight is 585 g/mol. The van der Waals surface area contributed by atoms with Crippen molar-refractivity contribution in [2.45, 2.75) is 18.9 Å². The number of benzene rings is 3. The Morgan fingerprint density at radius 2 is 1.83 bits per heavy atom. The van der Waals surface area contributed by atoms with E-state index in [1.165, 1.54) is 35.2 Å². The first kappa shape index (κ1) is 28.2. The molecule has 0 fully saturated rings. The molecule has 4 N–H and O–H groups in total. The zero-order valence-electron chi connectivity index (χ0n) is 22.1. The summed E-state index contributed by atoms with van der Waals surface area (Å²) in [6, 6.07) is 16.6. The normalized spacial score (nSPS) is 13.8. The van der Waals surface area contributed by atoms with Gasteiger partial charge in [-0.1, -0.05) is 28.9 Å². The number of hydrogen-bond acceptors (Lipinski definition) is 6. The molecule has 3 amide bonds. The minimum Gasteiger partial charge on any atom is -0.478 e. The smallest absolute Gasteiger partial charge is 0.335 e. The summed E-state index contributed by atoms with van der Waals surface area (Å²) in [5.74, 6) is -2.55. The Hall–Kier alpha value is -5.29. The Kier molecular flexibility index (Phi) is 8.12. The molecule has 3 aromatic carbocycles. The van der Waals surface area contributed by atoms with Crippen LogP contribution in [0.1, 0.15) is 38.3 Å². The number of nitrogens with one attached hydrogen (secondary N) is 1. The molecular weight excluding hydrogens is 560 g/mol. The van der Waals surface area contributed by atoms with E-state index in [0.717, 1.165) is 11.1 Å². The molecule has 42 heavy (non-hydrogen) atoms. The van der Waals surface area contributed by atoms with E-state index in [-0.39, 0.29) is 30.0 Å². The molecular formula is C30H25ClN6O5. The number of carbonyl (C=O) groups excluding carboxylic acids is 3. The van der Waals surface area contributed by atoms with Crippen molar-refractivity contribution in [3.8, 4) is 5.69 Å². The molecule has 12 heteroatoms. The second-order valence-corrected chi connectivity index (χ2v) is 10.1. The molecule has 4 aromatic rings. The van der Waals surface area contributed by atoms with Crippen LogP contribution in [0.3, 0.4) is 0 Å². The van der Waals surface area contributed by atoms with Gasteiger partial charge in [0, 0.05) is 40.9 Å². The topological polar surface area (TPSA) is 161 Å². The maximum atomic E-state index is 13.6. The van der Waals surface area contributed by atoms with Gasteiger partial charge in [0.25, 0.3) is 0 Å². The lowest BCUT2D eigenvalue weighted by atomic mass is 9.94. The second kappa shape index (κ2) is 12.1. The van der Waals surface area contributed by atoms with E-state index in [1.807, 2.05) is 0 Å². The van der Waals surface area contributed by atoms with Crippen molar-refractivity contribution in [2.24, 2.45) is 5.73 Å². The van der Waals surface area contributed by atoms with Crippen molar-refractivity contribution in [1.29, 1.82) is 0 Å². The standard InChI is InChI=1S/C30H25ClN6O5/c31-22-6-9-25(37-13-11-33-35-37)24(17-22)20-10-12-36(27(38)16-20)26(15-18-2-1-3-21(14-18)28(32)39)29(40)34-23-7-4-19(5-8-23)30(41)42/h1-9,11,13-14,16-17,26H,10,12,15H2,(H2,32,39)(H,34,40)(H,41,42)/t26-/m0/s1. The molecule has 0 spiro atoms. The lowest BCUT2D eigenvalue weighted by Crippen LogP contribution is -2.49. The van der Waals surface area contributed by atoms with Crippen LogP contribution >= 0.6 is 11.6 Å². The molecule has 1 aromatic heterocycles. The Morgan fingerprint density at radius 1 is 1.05 bits per heavy atom. The van der Waals surface area contributed by atoms with Crippen molar-refractivity contribution in [3.63, 3.8) is 0 Å². The van der Waals surface area contributed by atoms with Gasteiger partial charge in [-0.15, -0.1) is 5.10 Å². The highest BCUT2D eigenvalue weighted by atomic mass is 35.5. The number of nitrogens with zero attached hydrogens (tertiary/aromatic N) is 4. The van der Waals surface area contributed by atoms with Crippen LogP contribution in [0.25, 0.3) is 11.3 Å². The first-order valence-electron chi connectivity index (χ1n) is 12.9. The molecule has 212 valence electrons. The summed E-state index contributed by atoms with van der Waals surface area (Å²) in [6.45, 7) is 0.222. The van der Waals surface area contributed by atoms with Crippen LogP contribution in [0, 0.1) is 0 Å². The van der Waals surface area contributed by atoms with Crippen LogP contribution in [0.15, 0.2) is 85.2 Å². The van der Waals surface area contributed by atoms with Gasteiger partial charge in [0.2, 0.25) is 17.7 Å². The van der Waals surface area contributed by atoms with Gasteiger partial charge in [-0.25, -0.2) is 9.48 Å². The fourth-order valence-corrected chi connectivity index (χ4v) is 4.99. The van der Waals surface area contributed by atoms with Crippen molar-refractivity contribution in [2.75, 3.05) is 11.9 Å². The van der Waals surface area contributed by atoms with Gasteiger partial charge in [-0.05, 0) is 72.2 Å². The van der Waals surface area contributed by atoms with E-state index in [0.29, 0.717) is 28.4 Å². The average Bonchev–Trinajstić information content (AvgIpc) is 3.51. The molecule has 1 aliphatic rings. The van der Waals surface area contributed by atoms with Gasteiger partial charge in [0.1, 0.15) is 6.04 Å². The molecule has 1 aliphatic heterocycles. The predicted octanol–water partition coefficient (Wildman–Crippen LogP) is 3.58. The van der Waals surface area contributed by atoms with E-state index >= 15 is 0 Å². The molecule has 0 radical (unpaired) electrons. The number of carbonyl (C=O) groups is 4. The number of anilines is 1. The van der Waals surface area contributed by atoms with E-state index in [2.05, 4.69) is 15.6 Å². The monoisotopic (exact) mass is 584 g/mol. The molecule has 0 aliphatic carbocycles. The van der Waals surface area contributed by atoms with Crippen LogP contribution < -0.4 is 11.1 Å². The molecule has 0 saturated carbocycles. The number of carboxylic acids is 1. The fourth-order valence-electron chi connectivity index (χ4n) is 4.82. The zero-order chi connectivity index (χ0) is 29.8. The van der Waals surface area contributed by atoms with E-state index in [9.17, 15) is 24.3 Å². The third-order valence-electron chi connectivity index (χ3n) is 6.90. The largest absolute Gasteiger partial charge is 0.478 e. The lowest BCUT2D eigenvalue weighted by Gasteiger charge is -2.34. The summed E-state index contributed by atoms with van der Waals surface area (Å²) in [7, 11) is 0. The zero-order valence-corrected chi connectivity index (χ0v) is 22.9. The number of primary amides is 1. The van der Waals surface area contributed by atoms with Gasteiger partial charge in [-0.3, -0.25) is 14.4 Å². The highest BCUT2D eigenvalue weighted by Crippen LogP contribution is 2.31. The highest BCUT2D eigenvalue weighted by molar-refractivity contribution is 6.30. The van der Waals surface area contributed by atoms with Crippen molar-refractivity contribution >= 4 is 46.6 Å². The summed E-state index contributed by atoms with van der Waals surface area (Å²) in [5, 5.41) is 20.4. The number of aromatic nitrogens is 3. The van der Waals surface area contributed by atoms with Gasteiger partial charge in [0.15, 0.2) is 0 Å². The van der Waals surface area contributed by atoms with E-state index in [4.69, 9.17) is 17.3 Å². The van der Waals surface area contributed by atoms with Gasteiger partial charge in [-0.2, -0.15) is 0 Å². The lowest BCUT2D eigenvalue weighted by molar-refractivity contribution is -0.135. The molecule has 2 heterocycles. The Labute approximate surface area is 245 Å². The van der Waals surface area contributed by atoms with Crippen LogP contribution in [-0.2, 0) is 16.0 Å². The van der Waals surface area contributed by atoms with Crippen LogP contribution in [0.2, 0.25) is 5.02 Å². The van der Waals surface area contributed by atoms with E-state index < -0.39 is 23.8 Å². The summed E-state index contributed by atoms with van der Waals surface area (Å²) in [4.78, 5) is 51.7. The van der Waals surface area contributed by atoms with Gasteiger partial charge in [0.05, 0.1) is 23.6 Å². The summed E-state index contributed by atoms with van der Waals surface area (Å²) >= 11 is 6.30. The second-order valence-electron chi connectivity index (χ2n) is 9.62. The minimum absolute atomic E-state index is 0.0722. The fraction of sp³-hybridized carbons (Fsp3) is 0.133. The third kappa shape index (κ3) is 6.21. The Morgan fingerprint density at radius 3 is 2.50 bits per heavy atom. The SMILES string of the molecule is NC(=O)c1cccc(C[C@@H](C(=O)Nc2ccc(C(=O)O)cc2)N2CCC(c3cc(Cl)ccc3-n3ccnn3)=CC2=O)c1. The first-order chi connectivity index (χ1) is 20.2. The number of aromatic carboxylic acids is 1.